The molecule has 0 aliphatic carbocycles. The number of fused-ring (bicyclic) bond motifs is 2. The summed E-state index contributed by atoms with van der Waals surface area (Å²) in [6.45, 7) is 4.23. The molecule has 0 spiro atoms. The fourth-order valence-electron chi connectivity index (χ4n) is 3.47. The van der Waals surface area contributed by atoms with Crippen molar-refractivity contribution in [2.24, 2.45) is 0 Å². The molecule has 1 aliphatic rings. The van der Waals surface area contributed by atoms with Crippen molar-refractivity contribution in [1.82, 2.24) is 9.88 Å². The maximum atomic E-state index is 6.63. The lowest BCUT2D eigenvalue weighted by Gasteiger charge is -2.32. The number of piperidine rings is 1. The highest BCUT2D eigenvalue weighted by atomic mass is 35.5. The molecule has 3 aromatic rings. The molecule has 1 aromatic heterocycles. The fraction of sp³-hybridized carbons (Fsp3) is 0.350. The van der Waals surface area contributed by atoms with Gasteiger partial charge in [0.25, 0.3) is 0 Å². The molecule has 2 heterocycles. The number of nitrogens with zero attached hydrogens (tertiary/aromatic N) is 2. The quantitative estimate of drug-likeness (QED) is 0.533. The average Bonchev–Trinajstić information content (AvgIpc) is 2.64. The van der Waals surface area contributed by atoms with E-state index in [0.29, 0.717) is 15.8 Å². The molecule has 1 atom stereocenters. The van der Waals surface area contributed by atoms with Crippen LogP contribution in [0.3, 0.4) is 0 Å². The Morgan fingerprint density at radius 1 is 1.00 bits per heavy atom. The monoisotopic (exact) mass is 374 g/mol. The van der Waals surface area contributed by atoms with E-state index in [1.54, 1.807) is 0 Å². The summed E-state index contributed by atoms with van der Waals surface area (Å²) in [6.07, 6.45) is 3.76. The molecule has 0 amide bonds. The third kappa shape index (κ3) is 3.29. The van der Waals surface area contributed by atoms with Crippen molar-refractivity contribution in [3.05, 3.63) is 46.4 Å². The predicted octanol–water partition coefficient (Wildman–Crippen LogP) is 5.91. The van der Waals surface area contributed by atoms with Gasteiger partial charge in [-0.25, -0.2) is 4.98 Å². The maximum Gasteiger partial charge on any atom is 0.149 e. The molecule has 4 rings (SSSR count). The van der Waals surface area contributed by atoms with Gasteiger partial charge in [-0.3, -0.25) is 4.90 Å². The molecule has 1 aliphatic heterocycles. The van der Waals surface area contributed by atoms with Gasteiger partial charge in [0.15, 0.2) is 0 Å². The maximum absolute atomic E-state index is 6.63. The summed E-state index contributed by atoms with van der Waals surface area (Å²) in [5.74, 6) is 0.672. The van der Waals surface area contributed by atoms with Crippen LogP contribution < -0.4 is 4.74 Å². The molecular weight excluding hydrogens is 355 g/mol. The molecule has 25 heavy (non-hydrogen) atoms. The molecule has 0 radical (unpaired) electrons. The van der Waals surface area contributed by atoms with Crippen LogP contribution in [0.4, 0.5) is 0 Å². The number of halogens is 2. The second kappa shape index (κ2) is 6.99. The Kier molecular flexibility index (Phi) is 4.72. The first kappa shape index (κ1) is 16.9. The topological polar surface area (TPSA) is 25.4 Å². The summed E-state index contributed by atoms with van der Waals surface area (Å²) in [5, 5.41) is 3.16. The summed E-state index contributed by atoms with van der Waals surface area (Å²) >= 11 is 12.9. The van der Waals surface area contributed by atoms with Gasteiger partial charge in [0, 0.05) is 23.9 Å². The second-order valence-corrected chi connectivity index (χ2v) is 7.35. The Bertz CT molecular complexity index is 922. The number of pyridine rings is 1. The van der Waals surface area contributed by atoms with Gasteiger partial charge in [-0.05, 0) is 44.0 Å². The summed E-state index contributed by atoms with van der Waals surface area (Å²) in [7, 11) is 0. The normalized spacial score (nSPS) is 17.1. The van der Waals surface area contributed by atoms with Gasteiger partial charge in [-0.15, -0.1) is 0 Å². The van der Waals surface area contributed by atoms with E-state index in [4.69, 9.17) is 32.9 Å². The predicted molar refractivity (Wildman–Crippen MR) is 105 cm³/mol. The molecular formula is C20H20Cl2N2O. The first-order valence-corrected chi connectivity index (χ1v) is 9.47. The van der Waals surface area contributed by atoms with Gasteiger partial charge in [0.2, 0.25) is 0 Å². The summed E-state index contributed by atoms with van der Waals surface area (Å²) < 4.78 is 6.16. The zero-order valence-electron chi connectivity index (χ0n) is 14.1. The van der Waals surface area contributed by atoms with Crippen molar-refractivity contribution in [1.29, 1.82) is 0 Å². The minimum Gasteiger partial charge on any atom is -0.474 e. The van der Waals surface area contributed by atoms with Crippen LogP contribution >= 0.6 is 23.2 Å². The van der Waals surface area contributed by atoms with E-state index >= 15 is 0 Å². The van der Waals surface area contributed by atoms with Gasteiger partial charge in [-0.1, -0.05) is 41.8 Å². The molecule has 1 fully saturated rings. The van der Waals surface area contributed by atoms with E-state index in [0.717, 1.165) is 34.9 Å². The lowest BCUT2D eigenvalue weighted by Crippen LogP contribution is -2.40. The smallest absolute Gasteiger partial charge is 0.149 e. The number of hydrogen-bond donors (Lipinski definition) is 0. The standard InChI is InChI=1S/C20H20Cl2N2O/c1-13(24-10-3-2-4-11-24)25-17-9-8-15-12-14-6-5-7-16(21)19(14)23-20(15)18(17)22/h5-9,12-13H,2-4,10-11H2,1H3. The highest BCUT2D eigenvalue weighted by molar-refractivity contribution is 6.37. The summed E-state index contributed by atoms with van der Waals surface area (Å²) in [5.41, 5.74) is 1.49. The Hall–Kier alpha value is -1.55. The first-order chi connectivity index (χ1) is 12.1. The van der Waals surface area contributed by atoms with E-state index < -0.39 is 0 Å². The van der Waals surface area contributed by atoms with Crippen molar-refractivity contribution in [2.45, 2.75) is 32.4 Å². The van der Waals surface area contributed by atoms with Crippen LogP contribution in [0, 0.1) is 0 Å². The number of hydrogen-bond acceptors (Lipinski definition) is 3. The van der Waals surface area contributed by atoms with Gasteiger partial charge < -0.3 is 4.74 Å². The van der Waals surface area contributed by atoms with Crippen LogP contribution in [0.2, 0.25) is 10.0 Å². The highest BCUT2D eigenvalue weighted by Crippen LogP contribution is 2.35. The zero-order chi connectivity index (χ0) is 17.4. The minimum atomic E-state index is -0.000653. The molecule has 130 valence electrons. The Labute approximate surface area is 157 Å². The number of benzene rings is 2. The Morgan fingerprint density at radius 2 is 1.76 bits per heavy atom. The Morgan fingerprint density at radius 3 is 2.56 bits per heavy atom. The van der Waals surface area contributed by atoms with E-state index in [9.17, 15) is 0 Å². The zero-order valence-corrected chi connectivity index (χ0v) is 15.6. The van der Waals surface area contributed by atoms with E-state index in [1.807, 2.05) is 30.3 Å². The van der Waals surface area contributed by atoms with Crippen LogP contribution in [0.1, 0.15) is 26.2 Å². The van der Waals surface area contributed by atoms with Crippen LogP contribution in [-0.4, -0.2) is 29.2 Å². The van der Waals surface area contributed by atoms with Crippen molar-refractivity contribution in [3.8, 4) is 5.75 Å². The lowest BCUT2D eigenvalue weighted by atomic mass is 10.1. The molecule has 1 saturated heterocycles. The lowest BCUT2D eigenvalue weighted by molar-refractivity contribution is 0.0264. The molecule has 0 bridgehead atoms. The van der Waals surface area contributed by atoms with E-state index in [1.165, 1.54) is 19.3 Å². The molecule has 0 saturated carbocycles. The number of para-hydroxylation sites is 1. The first-order valence-electron chi connectivity index (χ1n) is 8.72. The van der Waals surface area contributed by atoms with Crippen molar-refractivity contribution in [3.63, 3.8) is 0 Å². The van der Waals surface area contributed by atoms with E-state index in [2.05, 4.69) is 17.9 Å². The fourth-order valence-corrected chi connectivity index (χ4v) is 3.95. The van der Waals surface area contributed by atoms with Crippen LogP contribution in [-0.2, 0) is 0 Å². The molecule has 1 unspecified atom stereocenters. The van der Waals surface area contributed by atoms with Crippen molar-refractivity contribution in [2.75, 3.05) is 13.1 Å². The van der Waals surface area contributed by atoms with Gasteiger partial charge in [0.1, 0.15) is 17.0 Å². The van der Waals surface area contributed by atoms with Crippen LogP contribution in [0.5, 0.6) is 5.75 Å². The number of ether oxygens (including phenoxy) is 1. The number of likely N-dealkylation sites (tertiary alicyclic amines) is 1. The van der Waals surface area contributed by atoms with Gasteiger partial charge >= 0.3 is 0 Å². The molecule has 5 heteroatoms. The highest BCUT2D eigenvalue weighted by Gasteiger charge is 2.19. The summed E-state index contributed by atoms with van der Waals surface area (Å²) in [4.78, 5) is 7.06. The van der Waals surface area contributed by atoms with Crippen molar-refractivity contribution >= 4 is 45.0 Å². The minimum absolute atomic E-state index is 0.000653. The summed E-state index contributed by atoms with van der Waals surface area (Å²) in [6, 6.07) is 11.8. The molecule has 3 nitrogen and oxygen atoms in total. The van der Waals surface area contributed by atoms with Crippen LogP contribution in [0.25, 0.3) is 21.8 Å². The van der Waals surface area contributed by atoms with Gasteiger partial charge in [-0.2, -0.15) is 0 Å². The van der Waals surface area contributed by atoms with Crippen LogP contribution in [0.15, 0.2) is 36.4 Å². The average molecular weight is 375 g/mol. The van der Waals surface area contributed by atoms with Crippen molar-refractivity contribution < 1.29 is 4.74 Å². The molecule has 0 N–H and O–H groups in total. The second-order valence-electron chi connectivity index (χ2n) is 6.56. The number of aromatic nitrogens is 1. The Balaban J connectivity index is 1.71. The largest absolute Gasteiger partial charge is 0.474 e. The van der Waals surface area contributed by atoms with Gasteiger partial charge in [0.05, 0.1) is 16.1 Å². The third-order valence-corrected chi connectivity index (χ3v) is 5.54. The molecule has 2 aromatic carbocycles. The number of rotatable bonds is 3. The SMILES string of the molecule is CC(Oc1ccc2cc3cccc(Cl)c3nc2c1Cl)N1CCCCC1. The third-order valence-electron chi connectivity index (χ3n) is 4.87. The van der Waals surface area contributed by atoms with E-state index in [-0.39, 0.29) is 6.23 Å².